The minimum Gasteiger partial charge on any atom is -0.493 e. The highest BCUT2D eigenvalue weighted by molar-refractivity contribution is 8.02. The van der Waals surface area contributed by atoms with Gasteiger partial charge in [-0.3, -0.25) is 4.79 Å². The van der Waals surface area contributed by atoms with E-state index in [0.29, 0.717) is 18.0 Å². The number of methoxy groups -OCH3 is 2. The zero-order valence-electron chi connectivity index (χ0n) is 14.7. The molecule has 25 heavy (non-hydrogen) atoms. The van der Waals surface area contributed by atoms with E-state index in [1.54, 1.807) is 14.2 Å². The number of rotatable bonds is 9. The Morgan fingerprint density at radius 2 is 2.04 bits per heavy atom. The second-order valence-corrected chi connectivity index (χ2v) is 7.64. The molecule has 7 nitrogen and oxygen atoms in total. The number of thioether (sulfide) groups is 1. The Balaban J connectivity index is 1.88. The first-order valence-corrected chi connectivity index (χ1v) is 9.49. The Morgan fingerprint density at radius 3 is 2.72 bits per heavy atom. The van der Waals surface area contributed by atoms with Gasteiger partial charge in [0.1, 0.15) is 0 Å². The van der Waals surface area contributed by atoms with Crippen LogP contribution in [0, 0.1) is 0 Å². The molecule has 0 radical (unpaired) electrons. The van der Waals surface area contributed by atoms with Crippen LogP contribution in [0.25, 0.3) is 0 Å². The molecule has 0 spiro atoms. The third-order valence-electron chi connectivity index (χ3n) is 3.30. The highest BCUT2D eigenvalue weighted by atomic mass is 32.2. The summed E-state index contributed by atoms with van der Waals surface area (Å²) in [6.45, 7) is 5.06. The van der Waals surface area contributed by atoms with Crippen molar-refractivity contribution >= 4 is 34.1 Å². The lowest BCUT2D eigenvalue weighted by Crippen LogP contribution is -2.30. The number of nitrogens with zero attached hydrogens (tertiary/aromatic N) is 2. The van der Waals surface area contributed by atoms with Gasteiger partial charge >= 0.3 is 0 Å². The molecule has 9 heteroatoms. The fraction of sp³-hybridized carbons (Fsp3) is 0.438. The number of carbonyl (C=O) groups excluding carboxylic acids is 1. The Kier molecular flexibility index (Phi) is 7.32. The summed E-state index contributed by atoms with van der Waals surface area (Å²) >= 11 is 2.84. The summed E-state index contributed by atoms with van der Waals surface area (Å²) in [5.41, 5.74) is 0.938. The van der Waals surface area contributed by atoms with Gasteiger partial charge in [0.15, 0.2) is 15.8 Å². The van der Waals surface area contributed by atoms with E-state index >= 15 is 0 Å². The van der Waals surface area contributed by atoms with Crippen molar-refractivity contribution in [2.24, 2.45) is 0 Å². The van der Waals surface area contributed by atoms with E-state index in [1.165, 1.54) is 23.1 Å². The SMILES string of the molecule is CCNc1nnc(SC(C)C(=O)NCc2ccc(OC)c(OC)c2)s1. The maximum absolute atomic E-state index is 12.3. The summed E-state index contributed by atoms with van der Waals surface area (Å²) in [5.74, 6) is 1.25. The maximum atomic E-state index is 12.3. The van der Waals surface area contributed by atoms with E-state index in [9.17, 15) is 4.79 Å². The molecule has 0 aliphatic heterocycles. The van der Waals surface area contributed by atoms with E-state index in [0.717, 1.165) is 21.6 Å². The van der Waals surface area contributed by atoms with E-state index in [4.69, 9.17) is 9.47 Å². The van der Waals surface area contributed by atoms with Crippen LogP contribution >= 0.6 is 23.1 Å². The van der Waals surface area contributed by atoms with Gasteiger partial charge in [0.05, 0.1) is 19.5 Å². The zero-order chi connectivity index (χ0) is 18.2. The van der Waals surface area contributed by atoms with Crippen LogP contribution in [0.15, 0.2) is 22.5 Å². The van der Waals surface area contributed by atoms with Gasteiger partial charge in [-0.05, 0) is 31.5 Å². The number of aromatic nitrogens is 2. The summed E-state index contributed by atoms with van der Waals surface area (Å²) in [4.78, 5) is 12.3. The lowest BCUT2D eigenvalue weighted by molar-refractivity contribution is -0.120. The molecule has 2 rings (SSSR count). The summed E-state index contributed by atoms with van der Waals surface area (Å²) in [6.07, 6.45) is 0. The molecule has 1 aromatic heterocycles. The quantitative estimate of drug-likeness (QED) is 0.645. The van der Waals surface area contributed by atoms with Crippen LogP contribution in [-0.2, 0) is 11.3 Å². The lowest BCUT2D eigenvalue weighted by Gasteiger charge is -2.12. The standard InChI is InChI=1S/C16H22N4O3S2/c1-5-17-15-19-20-16(25-15)24-10(2)14(21)18-9-11-6-7-12(22-3)13(8-11)23-4/h6-8,10H,5,9H2,1-4H3,(H,17,19)(H,18,21). The topological polar surface area (TPSA) is 85.4 Å². The third kappa shape index (κ3) is 5.50. The number of anilines is 1. The molecule has 1 aromatic carbocycles. The molecular formula is C16H22N4O3S2. The number of ether oxygens (including phenoxy) is 2. The monoisotopic (exact) mass is 382 g/mol. The molecule has 0 fully saturated rings. The van der Waals surface area contributed by atoms with E-state index in [-0.39, 0.29) is 11.2 Å². The van der Waals surface area contributed by atoms with Gasteiger partial charge in [-0.25, -0.2) is 0 Å². The number of amides is 1. The molecule has 1 unspecified atom stereocenters. The van der Waals surface area contributed by atoms with Gasteiger partial charge in [-0.1, -0.05) is 29.2 Å². The van der Waals surface area contributed by atoms with E-state index < -0.39 is 0 Å². The van der Waals surface area contributed by atoms with Crippen LogP contribution in [0.3, 0.4) is 0 Å². The number of hydrogen-bond donors (Lipinski definition) is 2. The molecule has 136 valence electrons. The van der Waals surface area contributed by atoms with Gasteiger partial charge < -0.3 is 20.1 Å². The Morgan fingerprint density at radius 1 is 1.28 bits per heavy atom. The normalized spacial score (nSPS) is 11.7. The Hall–Kier alpha value is -2.00. The second-order valence-electron chi connectivity index (χ2n) is 5.07. The first-order chi connectivity index (χ1) is 12.1. The van der Waals surface area contributed by atoms with E-state index in [2.05, 4.69) is 20.8 Å². The molecule has 2 N–H and O–H groups in total. The first-order valence-electron chi connectivity index (χ1n) is 7.80. The summed E-state index contributed by atoms with van der Waals surface area (Å²) < 4.78 is 11.2. The van der Waals surface area contributed by atoms with Gasteiger partial charge in [0, 0.05) is 13.1 Å². The molecule has 0 saturated carbocycles. The maximum Gasteiger partial charge on any atom is 0.233 e. The predicted molar refractivity (Wildman–Crippen MR) is 101 cm³/mol. The molecule has 0 bridgehead atoms. The molecular weight excluding hydrogens is 360 g/mol. The summed E-state index contributed by atoms with van der Waals surface area (Å²) in [7, 11) is 3.18. The average Bonchev–Trinajstić information content (AvgIpc) is 3.06. The predicted octanol–water partition coefficient (Wildman–Crippen LogP) is 2.78. The van der Waals surface area contributed by atoms with Crippen molar-refractivity contribution in [3.63, 3.8) is 0 Å². The number of hydrogen-bond acceptors (Lipinski definition) is 8. The summed E-state index contributed by atoms with van der Waals surface area (Å²) in [6, 6.07) is 5.57. The average molecular weight is 383 g/mol. The van der Waals surface area contributed by atoms with Crippen LogP contribution in [0.2, 0.25) is 0 Å². The molecule has 0 saturated heterocycles. The number of nitrogens with one attached hydrogen (secondary N) is 2. The highest BCUT2D eigenvalue weighted by Crippen LogP contribution is 2.29. The van der Waals surface area contributed by atoms with Gasteiger partial charge in [0.25, 0.3) is 0 Å². The zero-order valence-corrected chi connectivity index (χ0v) is 16.3. The Bertz CT molecular complexity index is 708. The van der Waals surface area contributed by atoms with Crippen molar-refractivity contribution in [3.8, 4) is 11.5 Å². The van der Waals surface area contributed by atoms with Crippen LogP contribution in [0.1, 0.15) is 19.4 Å². The summed E-state index contributed by atoms with van der Waals surface area (Å²) in [5, 5.41) is 14.6. The number of benzene rings is 1. The minimum atomic E-state index is -0.262. The Labute approximate surface area is 155 Å². The molecule has 2 aromatic rings. The van der Waals surface area contributed by atoms with Crippen molar-refractivity contribution in [3.05, 3.63) is 23.8 Å². The fourth-order valence-electron chi connectivity index (χ4n) is 2.01. The van der Waals surface area contributed by atoms with Crippen LogP contribution in [0.4, 0.5) is 5.13 Å². The smallest absolute Gasteiger partial charge is 0.233 e. The van der Waals surface area contributed by atoms with Gasteiger partial charge in [0.2, 0.25) is 11.0 Å². The van der Waals surface area contributed by atoms with Crippen molar-refractivity contribution in [2.45, 2.75) is 30.0 Å². The van der Waals surface area contributed by atoms with Crippen molar-refractivity contribution in [1.29, 1.82) is 0 Å². The number of carbonyl (C=O) groups is 1. The van der Waals surface area contributed by atoms with Crippen molar-refractivity contribution in [1.82, 2.24) is 15.5 Å². The highest BCUT2D eigenvalue weighted by Gasteiger charge is 2.17. The van der Waals surface area contributed by atoms with E-state index in [1.807, 2.05) is 32.0 Å². The fourth-order valence-corrected chi connectivity index (χ4v) is 4.00. The van der Waals surface area contributed by atoms with Crippen molar-refractivity contribution < 1.29 is 14.3 Å². The van der Waals surface area contributed by atoms with Gasteiger partial charge in [-0.15, -0.1) is 10.2 Å². The molecule has 0 aliphatic rings. The molecule has 1 amide bonds. The molecule has 0 aliphatic carbocycles. The molecule has 1 atom stereocenters. The first kappa shape index (κ1) is 19.3. The van der Waals surface area contributed by atoms with Crippen LogP contribution in [0.5, 0.6) is 11.5 Å². The van der Waals surface area contributed by atoms with Crippen LogP contribution < -0.4 is 20.1 Å². The largest absolute Gasteiger partial charge is 0.493 e. The van der Waals surface area contributed by atoms with Crippen molar-refractivity contribution in [2.75, 3.05) is 26.1 Å². The lowest BCUT2D eigenvalue weighted by atomic mass is 10.2. The van der Waals surface area contributed by atoms with Gasteiger partial charge in [-0.2, -0.15) is 0 Å². The third-order valence-corrected chi connectivity index (χ3v) is 5.36. The second kappa shape index (κ2) is 9.47. The van der Waals surface area contributed by atoms with Crippen LogP contribution in [-0.4, -0.2) is 42.1 Å². The molecule has 1 heterocycles. The minimum absolute atomic E-state index is 0.0556.